The van der Waals surface area contributed by atoms with E-state index in [0.717, 1.165) is 0 Å². The summed E-state index contributed by atoms with van der Waals surface area (Å²) in [5, 5.41) is 6.88. The Morgan fingerprint density at radius 3 is 3.00 bits per heavy atom. The third-order valence-electron chi connectivity index (χ3n) is 2.09. The van der Waals surface area contributed by atoms with Crippen LogP contribution in [0.15, 0.2) is 24.5 Å². The standard InChI is InChI=1S/C10H11N5O2/c1-11-7-4-3-5-8(13-7)15-6-12-9(14-15)10(16)17-2/h3-6H,1-2H3,(H,11,13). The van der Waals surface area contributed by atoms with E-state index in [1.807, 2.05) is 12.1 Å². The number of anilines is 1. The van der Waals surface area contributed by atoms with Gasteiger partial charge in [-0.1, -0.05) is 6.07 Å². The number of pyridine rings is 1. The zero-order chi connectivity index (χ0) is 12.3. The summed E-state index contributed by atoms with van der Waals surface area (Å²) in [4.78, 5) is 19.3. The Bertz CT molecular complexity index is 537. The maximum Gasteiger partial charge on any atom is 0.377 e. The molecule has 0 bridgehead atoms. The SMILES string of the molecule is CNc1cccc(-n2cnc(C(=O)OC)n2)n1. The molecule has 7 heteroatoms. The van der Waals surface area contributed by atoms with Gasteiger partial charge in [0.2, 0.25) is 0 Å². The number of aromatic nitrogens is 4. The van der Waals surface area contributed by atoms with Gasteiger partial charge in [0.05, 0.1) is 7.11 Å². The van der Waals surface area contributed by atoms with E-state index in [1.54, 1.807) is 13.1 Å². The number of rotatable bonds is 3. The van der Waals surface area contributed by atoms with Crippen LogP contribution in [0.1, 0.15) is 10.6 Å². The second-order valence-electron chi connectivity index (χ2n) is 3.14. The molecule has 17 heavy (non-hydrogen) atoms. The van der Waals surface area contributed by atoms with Crippen LogP contribution in [0.4, 0.5) is 5.82 Å². The zero-order valence-corrected chi connectivity index (χ0v) is 9.41. The molecule has 0 radical (unpaired) electrons. The molecule has 0 saturated carbocycles. The summed E-state index contributed by atoms with van der Waals surface area (Å²) < 4.78 is 5.93. The molecule has 0 aliphatic rings. The van der Waals surface area contributed by atoms with E-state index in [4.69, 9.17) is 0 Å². The van der Waals surface area contributed by atoms with Crippen LogP contribution in [-0.4, -0.2) is 39.9 Å². The Labute approximate surface area is 97.5 Å². The quantitative estimate of drug-likeness (QED) is 0.777. The lowest BCUT2D eigenvalue weighted by Gasteiger charge is -2.02. The van der Waals surface area contributed by atoms with Crippen molar-refractivity contribution in [3.8, 4) is 5.82 Å². The summed E-state index contributed by atoms with van der Waals surface area (Å²) in [5.41, 5.74) is 0. The number of carbonyl (C=O) groups excluding carboxylic acids is 1. The number of carbonyl (C=O) groups is 1. The highest BCUT2D eigenvalue weighted by molar-refractivity contribution is 5.84. The van der Waals surface area contributed by atoms with Crippen LogP contribution < -0.4 is 5.32 Å². The average molecular weight is 233 g/mol. The number of esters is 1. The first-order chi connectivity index (χ1) is 8.24. The number of nitrogens with zero attached hydrogens (tertiary/aromatic N) is 4. The van der Waals surface area contributed by atoms with Gasteiger partial charge in [-0.05, 0) is 12.1 Å². The van der Waals surface area contributed by atoms with Crippen molar-refractivity contribution in [2.75, 3.05) is 19.5 Å². The van der Waals surface area contributed by atoms with Crippen molar-refractivity contribution in [3.05, 3.63) is 30.4 Å². The third-order valence-corrected chi connectivity index (χ3v) is 2.09. The smallest absolute Gasteiger partial charge is 0.377 e. The van der Waals surface area contributed by atoms with Crippen molar-refractivity contribution >= 4 is 11.8 Å². The van der Waals surface area contributed by atoms with Gasteiger partial charge in [0.25, 0.3) is 5.82 Å². The van der Waals surface area contributed by atoms with E-state index >= 15 is 0 Å². The molecule has 7 nitrogen and oxygen atoms in total. The van der Waals surface area contributed by atoms with Gasteiger partial charge in [0, 0.05) is 7.05 Å². The van der Waals surface area contributed by atoms with E-state index in [0.29, 0.717) is 11.6 Å². The molecular formula is C10H11N5O2. The molecule has 0 fully saturated rings. The van der Waals surface area contributed by atoms with Crippen molar-refractivity contribution in [2.24, 2.45) is 0 Å². The Hall–Kier alpha value is -2.44. The second kappa shape index (κ2) is 4.60. The Morgan fingerprint density at radius 2 is 2.29 bits per heavy atom. The maximum absolute atomic E-state index is 11.2. The van der Waals surface area contributed by atoms with Crippen LogP contribution in [-0.2, 0) is 4.74 Å². The van der Waals surface area contributed by atoms with E-state index in [9.17, 15) is 4.79 Å². The van der Waals surface area contributed by atoms with Crippen LogP contribution >= 0.6 is 0 Å². The van der Waals surface area contributed by atoms with Crippen molar-refractivity contribution in [1.29, 1.82) is 0 Å². The monoisotopic (exact) mass is 233 g/mol. The summed E-state index contributed by atoms with van der Waals surface area (Å²) in [6, 6.07) is 5.41. The van der Waals surface area contributed by atoms with Gasteiger partial charge in [-0.2, -0.15) is 0 Å². The van der Waals surface area contributed by atoms with E-state index in [-0.39, 0.29) is 5.82 Å². The van der Waals surface area contributed by atoms with Crippen LogP contribution in [0.3, 0.4) is 0 Å². The van der Waals surface area contributed by atoms with Gasteiger partial charge < -0.3 is 10.1 Å². The predicted octanol–water partition coefficient (Wildman–Crippen LogP) is 0.491. The lowest BCUT2D eigenvalue weighted by Crippen LogP contribution is -2.06. The fourth-order valence-electron chi connectivity index (χ4n) is 1.25. The minimum Gasteiger partial charge on any atom is -0.463 e. The molecule has 0 aliphatic heterocycles. The molecule has 0 unspecified atom stereocenters. The van der Waals surface area contributed by atoms with Gasteiger partial charge in [-0.25, -0.2) is 19.4 Å². The molecule has 0 atom stereocenters. The van der Waals surface area contributed by atoms with Gasteiger partial charge >= 0.3 is 5.97 Å². The highest BCUT2D eigenvalue weighted by Crippen LogP contribution is 2.07. The molecule has 2 aromatic rings. The third kappa shape index (κ3) is 2.22. The lowest BCUT2D eigenvalue weighted by molar-refractivity contribution is 0.0587. The van der Waals surface area contributed by atoms with Crippen molar-refractivity contribution in [3.63, 3.8) is 0 Å². The number of methoxy groups -OCH3 is 1. The van der Waals surface area contributed by atoms with Crippen molar-refractivity contribution in [2.45, 2.75) is 0 Å². The number of hydrogen-bond donors (Lipinski definition) is 1. The van der Waals surface area contributed by atoms with Gasteiger partial charge in [-0.15, -0.1) is 5.10 Å². The summed E-state index contributed by atoms with van der Waals surface area (Å²) in [6.07, 6.45) is 1.41. The zero-order valence-electron chi connectivity index (χ0n) is 9.41. The van der Waals surface area contributed by atoms with Crippen molar-refractivity contribution < 1.29 is 9.53 Å². The molecule has 1 N–H and O–H groups in total. The van der Waals surface area contributed by atoms with Crippen LogP contribution in [0.25, 0.3) is 5.82 Å². The summed E-state index contributed by atoms with van der Waals surface area (Å²) in [7, 11) is 3.05. The molecule has 88 valence electrons. The van der Waals surface area contributed by atoms with E-state index in [2.05, 4.69) is 25.1 Å². The largest absolute Gasteiger partial charge is 0.463 e. The Morgan fingerprint density at radius 1 is 1.47 bits per heavy atom. The van der Waals surface area contributed by atoms with Gasteiger partial charge in [-0.3, -0.25) is 0 Å². The lowest BCUT2D eigenvalue weighted by atomic mass is 10.4. The number of hydrogen-bond acceptors (Lipinski definition) is 6. The topological polar surface area (TPSA) is 81.9 Å². The summed E-state index contributed by atoms with van der Waals surface area (Å²) in [5.74, 6) is 0.704. The molecule has 0 amide bonds. The Balaban J connectivity index is 2.33. The number of ether oxygens (including phenoxy) is 1. The second-order valence-corrected chi connectivity index (χ2v) is 3.14. The minimum absolute atomic E-state index is 0.00385. The van der Waals surface area contributed by atoms with Crippen molar-refractivity contribution in [1.82, 2.24) is 19.7 Å². The predicted molar refractivity (Wildman–Crippen MR) is 60.0 cm³/mol. The molecule has 2 rings (SSSR count). The number of nitrogens with one attached hydrogen (secondary N) is 1. The minimum atomic E-state index is -0.575. The van der Waals surface area contributed by atoms with E-state index < -0.39 is 5.97 Å². The normalized spacial score (nSPS) is 10.0. The molecule has 0 saturated heterocycles. The molecule has 2 heterocycles. The molecule has 0 spiro atoms. The molecule has 2 aromatic heterocycles. The molecule has 0 aliphatic carbocycles. The first-order valence-corrected chi connectivity index (χ1v) is 4.89. The van der Waals surface area contributed by atoms with Crippen LogP contribution in [0.2, 0.25) is 0 Å². The van der Waals surface area contributed by atoms with Gasteiger partial charge in [0.15, 0.2) is 5.82 Å². The van der Waals surface area contributed by atoms with Gasteiger partial charge in [0.1, 0.15) is 12.1 Å². The van der Waals surface area contributed by atoms with Crippen LogP contribution in [0, 0.1) is 0 Å². The van der Waals surface area contributed by atoms with Crippen LogP contribution in [0.5, 0.6) is 0 Å². The average Bonchev–Trinajstić information content (AvgIpc) is 2.87. The highest BCUT2D eigenvalue weighted by Gasteiger charge is 2.12. The fraction of sp³-hybridized carbons (Fsp3) is 0.200. The summed E-state index contributed by atoms with van der Waals surface area (Å²) in [6.45, 7) is 0. The molecule has 0 aromatic carbocycles. The summed E-state index contributed by atoms with van der Waals surface area (Å²) >= 11 is 0. The first kappa shape index (κ1) is 11.1. The van der Waals surface area contributed by atoms with E-state index in [1.165, 1.54) is 18.1 Å². The molecular weight excluding hydrogens is 222 g/mol. The Kier molecular flexibility index (Phi) is 2.99. The first-order valence-electron chi connectivity index (χ1n) is 4.89. The fourth-order valence-corrected chi connectivity index (χ4v) is 1.25. The highest BCUT2D eigenvalue weighted by atomic mass is 16.5. The maximum atomic E-state index is 11.2.